The van der Waals surface area contributed by atoms with E-state index in [0.717, 1.165) is 0 Å². The number of methoxy groups -OCH3 is 1. The monoisotopic (exact) mass is 549 g/mol. The van der Waals surface area contributed by atoms with Gasteiger partial charge in [0.15, 0.2) is 0 Å². The second-order valence-corrected chi connectivity index (χ2v) is 13.4. The number of carbonyl (C=O) groups excluding carboxylic acids is 3. The van der Waals surface area contributed by atoms with Crippen LogP contribution in [0.15, 0.2) is 91.0 Å². The number of hydrogen-bond acceptors (Lipinski definition) is 5. The topological polar surface area (TPSA) is 93.7 Å². The summed E-state index contributed by atoms with van der Waals surface area (Å²) in [6, 6.07) is 29.3. The van der Waals surface area contributed by atoms with Crippen LogP contribution in [0.4, 0.5) is 4.79 Å². The third-order valence-corrected chi connectivity index (χ3v) is 10.9. The van der Waals surface area contributed by atoms with E-state index in [-0.39, 0.29) is 12.5 Å². The first kappa shape index (κ1) is 29.9. The summed E-state index contributed by atoms with van der Waals surface area (Å²) in [7, 11) is -0.864. The molecule has 2 unspecified atom stereocenters. The fourth-order valence-electron chi connectivity index (χ4n) is 4.57. The second kappa shape index (κ2) is 14.5. The zero-order valence-electron chi connectivity index (χ0n) is 23.0. The summed E-state index contributed by atoms with van der Waals surface area (Å²) in [6.07, 6.45) is 0.334. The van der Waals surface area contributed by atoms with Gasteiger partial charge in [0.2, 0.25) is 5.91 Å². The highest BCUT2D eigenvalue weighted by Crippen LogP contribution is 2.54. The van der Waals surface area contributed by atoms with Crippen LogP contribution in [0.5, 0.6) is 0 Å². The maximum atomic E-state index is 12.7. The van der Waals surface area contributed by atoms with E-state index in [0.29, 0.717) is 12.6 Å². The number of nitrogens with one attached hydrogen (secondary N) is 2. The molecule has 0 spiro atoms. The lowest BCUT2D eigenvalue weighted by Gasteiger charge is -2.27. The fraction of sp³-hybridized carbons (Fsp3) is 0.323. The molecule has 0 aliphatic heterocycles. The normalized spacial score (nSPS) is 12.7. The predicted molar refractivity (Wildman–Crippen MR) is 157 cm³/mol. The van der Waals surface area contributed by atoms with Crippen LogP contribution in [0, 0.1) is 5.92 Å². The van der Waals surface area contributed by atoms with Crippen LogP contribution in [0.1, 0.15) is 27.2 Å². The Morgan fingerprint density at radius 2 is 1.21 bits per heavy atom. The molecule has 3 rings (SSSR count). The molecule has 0 saturated heterocycles. The molecule has 3 aromatic carbocycles. The lowest BCUT2D eigenvalue weighted by molar-refractivity contribution is -0.145. The molecule has 8 heteroatoms. The van der Waals surface area contributed by atoms with E-state index in [9.17, 15) is 14.4 Å². The van der Waals surface area contributed by atoms with E-state index in [1.54, 1.807) is 6.92 Å². The molecular weight excluding hydrogens is 511 g/mol. The maximum absolute atomic E-state index is 12.7. The molecule has 206 valence electrons. The predicted octanol–water partition coefficient (Wildman–Crippen LogP) is 3.80. The van der Waals surface area contributed by atoms with Crippen molar-refractivity contribution >= 4 is 41.1 Å². The van der Waals surface area contributed by atoms with Crippen molar-refractivity contribution in [3.05, 3.63) is 91.0 Å². The van der Waals surface area contributed by atoms with Crippen LogP contribution in [0.25, 0.3) is 0 Å². The lowest BCUT2D eigenvalue weighted by atomic mass is 10.0. The minimum Gasteiger partial charge on any atom is -0.467 e. The van der Waals surface area contributed by atoms with Crippen molar-refractivity contribution in [2.75, 3.05) is 19.9 Å². The SMILES string of the molecule is COC(=O)C(CC(C)C)NC(=O)C(C)NC(=O)OCC[P+](c1ccccc1)(c1ccccc1)c1ccccc1. The van der Waals surface area contributed by atoms with Gasteiger partial charge in [0.05, 0.1) is 7.11 Å². The number of rotatable bonds is 12. The van der Waals surface area contributed by atoms with Gasteiger partial charge in [-0.25, -0.2) is 9.59 Å². The van der Waals surface area contributed by atoms with Gasteiger partial charge in [-0.15, -0.1) is 0 Å². The summed E-state index contributed by atoms with van der Waals surface area (Å²) < 4.78 is 10.4. The van der Waals surface area contributed by atoms with Gasteiger partial charge in [-0.3, -0.25) is 4.79 Å². The van der Waals surface area contributed by atoms with Crippen molar-refractivity contribution in [3.63, 3.8) is 0 Å². The fourth-order valence-corrected chi connectivity index (χ4v) is 8.64. The Bertz CT molecular complexity index is 1110. The molecule has 0 heterocycles. The Labute approximate surface area is 231 Å². The molecule has 0 saturated carbocycles. The minimum atomic E-state index is -2.15. The van der Waals surface area contributed by atoms with Gasteiger partial charge >= 0.3 is 12.1 Å². The molecule has 0 radical (unpaired) electrons. The van der Waals surface area contributed by atoms with E-state index in [1.165, 1.54) is 23.0 Å². The zero-order chi connectivity index (χ0) is 28.3. The molecule has 0 fully saturated rings. The summed E-state index contributed by atoms with van der Waals surface area (Å²) in [5, 5.41) is 8.84. The molecule has 3 aromatic rings. The molecule has 2 amide bonds. The van der Waals surface area contributed by atoms with Gasteiger partial charge in [-0.05, 0) is 55.7 Å². The number of amides is 2. The quantitative estimate of drug-likeness (QED) is 0.265. The molecule has 7 nitrogen and oxygen atoms in total. The van der Waals surface area contributed by atoms with Gasteiger partial charge in [-0.2, -0.15) is 0 Å². The number of alkyl carbamates (subject to hydrolysis) is 1. The summed E-state index contributed by atoms with van der Waals surface area (Å²) in [6.45, 7) is 5.61. The number of hydrogen-bond donors (Lipinski definition) is 2. The van der Waals surface area contributed by atoms with Crippen molar-refractivity contribution in [2.45, 2.75) is 39.3 Å². The number of ether oxygens (including phenoxy) is 2. The number of carbonyl (C=O) groups is 3. The maximum Gasteiger partial charge on any atom is 0.407 e. The van der Waals surface area contributed by atoms with Gasteiger partial charge < -0.3 is 20.1 Å². The Morgan fingerprint density at radius 1 is 0.744 bits per heavy atom. The van der Waals surface area contributed by atoms with Crippen molar-refractivity contribution < 1.29 is 23.9 Å². The van der Waals surface area contributed by atoms with Gasteiger partial charge in [0, 0.05) is 0 Å². The first-order chi connectivity index (χ1) is 18.8. The van der Waals surface area contributed by atoms with E-state index in [4.69, 9.17) is 9.47 Å². The molecule has 0 bridgehead atoms. The van der Waals surface area contributed by atoms with Crippen LogP contribution < -0.4 is 26.5 Å². The van der Waals surface area contributed by atoms with Gasteiger partial charge in [0.1, 0.15) is 48.0 Å². The largest absolute Gasteiger partial charge is 0.467 e. The molecular formula is C31H38N2O5P+. The summed E-state index contributed by atoms with van der Waals surface area (Å²) in [5.41, 5.74) is 0. The zero-order valence-corrected chi connectivity index (χ0v) is 23.9. The Hall–Kier alpha value is -3.70. The van der Waals surface area contributed by atoms with Crippen molar-refractivity contribution in [1.82, 2.24) is 10.6 Å². The van der Waals surface area contributed by atoms with Crippen molar-refractivity contribution in [2.24, 2.45) is 5.92 Å². The second-order valence-electron chi connectivity index (χ2n) is 9.76. The van der Waals surface area contributed by atoms with Gasteiger partial charge in [-0.1, -0.05) is 68.4 Å². The minimum absolute atomic E-state index is 0.158. The van der Waals surface area contributed by atoms with Crippen LogP contribution in [0.3, 0.4) is 0 Å². The average Bonchev–Trinajstić information content (AvgIpc) is 2.95. The smallest absolute Gasteiger partial charge is 0.407 e. The first-order valence-electron chi connectivity index (χ1n) is 13.1. The van der Waals surface area contributed by atoms with E-state index >= 15 is 0 Å². The van der Waals surface area contributed by atoms with Crippen LogP contribution in [0.2, 0.25) is 0 Å². The molecule has 0 aliphatic rings. The Kier molecular flexibility index (Phi) is 11.1. The Morgan fingerprint density at radius 3 is 1.62 bits per heavy atom. The van der Waals surface area contributed by atoms with Crippen molar-refractivity contribution in [1.29, 1.82) is 0 Å². The number of esters is 1. The van der Waals surface area contributed by atoms with E-state index in [1.807, 2.05) is 68.4 Å². The summed E-state index contributed by atoms with van der Waals surface area (Å²) in [4.78, 5) is 37.5. The average molecular weight is 550 g/mol. The van der Waals surface area contributed by atoms with E-state index < -0.39 is 37.3 Å². The molecule has 2 atom stereocenters. The van der Waals surface area contributed by atoms with Gasteiger partial charge in [0.25, 0.3) is 0 Å². The third kappa shape index (κ3) is 7.90. The highest BCUT2D eigenvalue weighted by atomic mass is 31.2. The van der Waals surface area contributed by atoms with Crippen molar-refractivity contribution in [3.8, 4) is 0 Å². The highest BCUT2D eigenvalue weighted by molar-refractivity contribution is 7.95. The van der Waals surface area contributed by atoms with Crippen LogP contribution in [-0.4, -0.2) is 49.9 Å². The molecule has 2 N–H and O–H groups in total. The lowest BCUT2D eigenvalue weighted by Crippen LogP contribution is -2.51. The molecule has 0 aliphatic carbocycles. The van der Waals surface area contributed by atoms with Crippen LogP contribution in [-0.2, 0) is 19.1 Å². The van der Waals surface area contributed by atoms with E-state index in [2.05, 4.69) is 47.0 Å². The van der Waals surface area contributed by atoms with Crippen LogP contribution >= 0.6 is 7.26 Å². The standard InChI is InChI=1S/C31H37N2O5P/c1-23(2)22-28(30(35)37-4)33-29(34)24(3)32-31(36)38-20-21-39(25-14-8-5-9-15-25,26-16-10-6-11-17-26)27-18-12-7-13-19-27/h5-19,23-24,28H,20-22H2,1-4H3,(H-,32,33,34,36)/p+1. The Balaban J connectivity index is 1.73. The third-order valence-electron chi connectivity index (χ3n) is 6.49. The first-order valence-corrected chi connectivity index (χ1v) is 15.1. The summed E-state index contributed by atoms with van der Waals surface area (Å²) in [5.74, 6) is -0.831. The molecule has 0 aromatic heterocycles. The molecule has 39 heavy (non-hydrogen) atoms. The number of benzene rings is 3. The highest BCUT2D eigenvalue weighted by Gasteiger charge is 2.45. The summed E-state index contributed by atoms with van der Waals surface area (Å²) >= 11 is 0.